The molecule has 0 spiro atoms. The van der Waals surface area contributed by atoms with Crippen LogP contribution in [-0.2, 0) is 4.89 Å². The standard InChI is InChI=1S/C12H26O2/c1-10(8-12(3,4)5)6-7-11(2)9-14-13/h10-11,13H,6-9H2,1-5H3. The Morgan fingerprint density at radius 3 is 2.00 bits per heavy atom. The summed E-state index contributed by atoms with van der Waals surface area (Å²) < 4.78 is 0. The summed E-state index contributed by atoms with van der Waals surface area (Å²) >= 11 is 0. The van der Waals surface area contributed by atoms with E-state index in [0.29, 0.717) is 17.9 Å². The van der Waals surface area contributed by atoms with Gasteiger partial charge in [-0.15, -0.1) is 0 Å². The average molecular weight is 202 g/mol. The van der Waals surface area contributed by atoms with E-state index in [1.807, 2.05) is 0 Å². The van der Waals surface area contributed by atoms with E-state index in [1.165, 1.54) is 12.8 Å². The second kappa shape index (κ2) is 6.41. The van der Waals surface area contributed by atoms with Crippen LogP contribution in [0.2, 0.25) is 0 Å². The Labute approximate surface area is 88.6 Å². The van der Waals surface area contributed by atoms with Crippen molar-refractivity contribution in [2.24, 2.45) is 17.3 Å². The first-order chi connectivity index (χ1) is 6.35. The molecule has 0 saturated heterocycles. The van der Waals surface area contributed by atoms with E-state index in [4.69, 9.17) is 5.26 Å². The van der Waals surface area contributed by atoms with Crippen molar-refractivity contribution in [1.29, 1.82) is 0 Å². The van der Waals surface area contributed by atoms with Gasteiger partial charge in [-0.25, -0.2) is 4.89 Å². The summed E-state index contributed by atoms with van der Waals surface area (Å²) in [5.41, 5.74) is 0.427. The van der Waals surface area contributed by atoms with Crippen molar-refractivity contribution in [2.75, 3.05) is 6.61 Å². The lowest BCUT2D eigenvalue weighted by Crippen LogP contribution is -2.13. The van der Waals surface area contributed by atoms with Gasteiger partial charge >= 0.3 is 0 Å². The molecule has 0 rings (SSSR count). The van der Waals surface area contributed by atoms with Crippen molar-refractivity contribution in [3.8, 4) is 0 Å². The molecular formula is C12H26O2. The third kappa shape index (κ3) is 8.52. The maximum absolute atomic E-state index is 8.29. The van der Waals surface area contributed by atoms with Gasteiger partial charge in [0.1, 0.15) is 0 Å². The molecule has 2 atom stereocenters. The molecule has 14 heavy (non-hydrogen) atoms. The number of hydrogen-bond acceptors (Lipinski definition) is 2. The highest BCUT2D eigenvalue weighted by Gasteiger charge is 2.15. The molecule has 0 aliphatic carbocycles. The molecule has 0 aromatic carbocycles. The number of hydrogen-bond donors (Lipinski definition) is 1. The topological polar surface area (TPSA) is 29.5 Å². The van der Waals surface area contributed by atoms with Crippen molar-refractivity contribution < 1.29 is 10.1 Å². The Hall–Kier alpha value is -0.0800. The second-order valence-corrected chi connectivity index (χ2v) is 5.85. The highest BCUT2D eigenvalue weighted by atomic mass is 17.1. The third-order valence-corrected chi connectivity index (χ3v) is 2.47. The summed E-state index contributed by atoms with van der Waals surface area (Å²) in [5, 5.41) is 8.29. The van der Waals surface area contributed by atoms with E-state index in [-0.39, 0.29) is 0 Å². The lowest BCUT2D eigenvalue weighted by Gasteiger charge is -2.23. The van der Waals surface area contributed by atoms with E-state index >= 15 is 0 Å². The van der Waals surface area contributed by atoms with Gasteiger partial charge in [0.15, 0.2) is 0 Å². The molecular weight excluding hydrogens is 176 g/mol. The molecule has 0 aliphatic rings. The van der Waals surface area contributed by atoms with Crippen molar-refractivity contribution in [2.45, 2.75) is 53.9 Å². The minimum Gasteiger partial charge on any atom is -0.252 e. The van der Waals surface area contributed by atoms with Gasteiger partial charge in [-0.05, 0) is 30.1 Å². The molecule has 0 aromatic rings. The van der Waals surface area contributed by atoms with Crippen LogP contribution in [-0.4, -0.2) is 11.9 Å². The van der Waals surface area contributed by atoms with E-state index in [9.17, 15) is 0 Å². The summed E-state index contributed by atoms with van der Waals surface area (Å²) in [4.78, 5) is 4.14. The molecule has 1 N–H and O–H groups in total. The summed E-state index contributed by atoms with van der Waals surface area (Å²) in [7, 11) is 0. The molecule has 0 aliphatic heterocycles. The molecule has 2 nitrogen and oxygen atoms in total. The molecule has 0 bridgehead atoms. The van der Waals surface area contributed by atoms with Crippen molar-refractivity contribution in [1.82, 2.24) is 0 Å². The van der Waals surface area contributed by atoms with Crippen molar-refractivity contribution in [3.05, 3.63) is 0 Å². The number of rotatable bonds is 6. The average Bonchev–Trinajstić information content (AvgIpc) is 1.98. The zero-order valence-corrected chi connectivity index (χ0v) is 10.3. The Balaban J connectivity index is 3.58. The molecule has 0 amide bonds. The maximum atomic E-state index is 8.29. The van der Waals surface area contributed by atoms with Crippen molar-refractivity contribution >= 4 is 0 Å². The zero-order valence-electron chi connectivity index (χ0n) is 10.3. The molecule has 0 radical (unpaired) electrons. The summed E-state index contributed by atoms with van der Waals surface area (Å²) in [6.07, 6.45) is 3.62. The fourth-order valence-electron chi connectivity index (χ4n) is 1.93. The Morgan fingerprint density at radius 2 is 1.57 bits per heavy atom. The Morgan fingerprint density at radius 1 is 1.07 bits per heavy atom. The largest absolute Gasteiger partial charge is 0.252 e. The van der Waals surface area contributed by atoms with Crippen LogP contribution in [0.15, 0.2) is 0 Å². The highest BCUT2D eigenvalue weighted by Crippen LogP contribution is 2.27. The fourth-order valence-corrected chi connectivity index (χ4v) is 1.93. The molecule has 2 heteroatoms. The van der Waals surface area contributed by atoms with Crippen LogP contribution in [0.5, 0.6) is 0 Å². The van der Waals surface area contributed by atoms with Gasteiger partial charge in [-0.2, -0.15) is 0 Å². The van der Waals surface area contributed by atoms with Crippen LogP contribution >= 0.6 is 0 Å². The highest BCUT2D eigenvalue weighted by molar-refractivity contribution is 4.67. The molecule has 86 valence electrons. The molecule has 0 saturated carbocycles. The molecule has 0 aromatic heterocycles. The first-order valence-corrected chi connectivity index (χ1v) is 5.61. The van der Waals surface area contributed by atoms with Gasteiger partial charge in [0.2, 0.25) is 0 Å². The van der Waals surface area contributed by atoms with Gasteiger partial charge in [0.25, 0.3) is 0 Å². The minimum absolute atomic E-state index is 0.427. The summed E-state index contributed by atoms with van der Waals surface area (Å²) in [6, 6.07) is 0. The zero-order chi connectivity index (χ0) is 11.2. The smallest absolute Gasteiger partial charge is 0.0845 e. The van der Waals surface area contributed by atoms with Crippen LogP contribution in [0.1, 0.15) is 53.9 Å². The quantitative estimate of drug-likeness (QED) is 0.521. The van der Waals surface area contributed by atoms with E-state index in [0.717, 1.165) is 12.3 Å². The van der Waals surface area contributed by atoms with Crippen LogP contribution in [0, 0.1) is 17.3 Å². The third-order valence-electron chi connectivity index (χ3n) is 2.47. The lowest BCUT2D eigenvalue weighted by atomic mass is 9.83. The maximum Gasteiger partial charge on any atom is 0.0845 e. The van der Waals surface area contributed by atoms with Crippen molar-refractivity contribution in [3.63, 3.8) is 0 Å². The minimum atomic E-state index is 0.427. The lowest BCUT2D eigenvalue weighted by molar-refractivity contribution is -0.250. The van der Waals surface area contributed by atoms with Crippen LogP contribution < -0.4 is 0 Å². The van der Waals surface area contributed by atoms with E-state index in [1.54, 1.807) is 0 Å². The van der Waals surface area contributed by atoms with Gasteiger partial charge in [-0.1, -0.05) is 41.0 Å². The first kappa shape index (κ1) is 13.9. The second-order valence-electron chi connectivity index (χ2n) is 5.85. The molecule has 0 heterocycles. The Bertz CT molecular complexity index is 138. The first-order valence-electron chi connectivity index (χ1n) is 5.61. The summed E-state index contributed by atoms with van der Waals surface area (Å²) in [6.45, 7) is 11.7. The predicted octanol–water partition coefficient (Wildman–Crippen LogP) is 3.96. The SMILES string of the molecule is CC(CCC(C)CC(C)(C)C)COO. The molecule has 2 unspecified atom stereocenters. The van der Waals surface area contributed by atoms with Crippen LogP contribution in [0.3, 0.4) is 0 Å². The van der Waals surface area contributed by atoms with Gasteiger partial charge < -0.3 is 0 Å². The normalized spacial score (nSPS) is 16.7. The van der Waals surface area contributed by atoms with Crippen LogP contribution in [0.4, 0.5) is 0 Å². The predicted molar refractivity (Wildman–Crippen MR) is 60.2 cm³/mol. The van der Waals surface area contributed by atoms with Gasteiger partial charge in [-0.3, -0.25) is 5.26 Å². The van der Waals surface area contributed by atoms with Gasteiger partial charge in [0.05, 0.1) is 6.61 Å². The van der Waals surface area contributed by atoms with Crippen LogP contribution in [0.25, 0.3) is 0 Å². The van der Waals surface area contributed by atoms with E-state index in [2.05, 4.69) is 39.5 Å². The molecule has 0 fully saturated rings. The monoisotopic (exact) mass is 202 g/mol. The fraction of sp³-hybridized carbons (Fsp3) is 1.00. The van der Waals surface area contributed by atoms with E-state index < -0.39 is 0 Å². The summed E-state index contributed by atoms with van der Waals surface area (Å²) in [5.74, 6) is 1.22. The van der Waals surface area contributed by atoms with Gasteiger partial charge in [0, 0.05) is 0 Å². The Kier molecular flexibility index (Phi) is 6.38.